The predicted molar refractivity (Wildman–Crippen MR) is 73.4 cm³/mol. The van der Waals surface area contributed by atoms with Gasteiger partial charge in [-0.2, -0.15) is 0 Å². The summed E-state index contributed by atoms with van der Waals surface area (Å²) in [5.74, 6) is 0.796. The van der Waals surface area contributed by atoms with Crippen molar-refractivity contribution >= 4 is 0 Å². The van der Waals surface area contributed by atoms with Crippen molar-refractivity contribution in [2.45, 2.75) is 59.2 Å². The quantitative estimate of drug-likeness (QED) is 0.809. The first-order valence-electron chi connectivity index (χ1n) is 6.67. The van der Waals surface area contributed by atoms with Crippen molar-refractivity contribution in [2.24, 2.45) is 0 Å². The largest absolute Gasteiger partial charge is 0.373 e. The fourth-order valence-corrected chi connectivity index (χ4v) is 1.77. The van der Waals surface area contributed by atoms with Gasteiger partial charge in [0.1, 0.15) is 6.10 Å². The Morgan fingerprint density at radius 1 is 1.39 bits per heavy atom. The third kappa shape index (κ3) is 4.35. The minimum Gasteiger partial charge on any atom is -0.373 e. The smallest absolute Gasteiger partial charge is 0.157 e. The van der Waals surface area contributed by atoms with Crippen LogP contribution < -0.4 is 5.32 Å². The van der Waals surface area contributed by atoms with Crippen molar-refractivity contribution in [1.82, 2.24) is 15.3 Å². The Balaban J connectivity index is 2.77. The molecule has 1 aromatic heterocycles. The third-order valence-electron chi connectivity index (χ3n) is 2.92. The third-order valence-corrected chi connectivity index (χ3v) is 2.92. The second-order valence-corrected chi connectivity index (χ2v) is 4.89. The summed E-state index contributed by atoms with van der Waals surface area (Å²) in [5.41, 5.74) is 2.19. The van der Waals surface area contributed by atoms with Gasteiger partial charge < -0.3 is 10.1 Å². The van der Waals surface area contributed by atoms with E-state index in [1.165, 1.54) is 0 Å². The molecule has 0 saturated carbocycles. The highest BCUT2D eigenvalue weighted by atomic mass is 16.5. The molecular formula is C14H25N3O. The highest BCUT2D eigenvalue weighted by molar-refractivity contribution is 5.16. The molecule has 0 bridgehead atoms. The molecule has 0 aliphatic heterocycles. The topological polar surface area (TPSA) is 47.0 Å². The summed E-state index contributed by atoms with van der Waals surface area (Å²) in [7, 11) is 1.72. The van der Waals surface area contributed by atoms with E-state index in [-0.39, 0.29) is 6.10 Å². The lowest BCUT2D eigenvalue weighted by Crippen LogP contribution is -2.23. The first-order chi connectivity index (χ1) is 8.58. The van der Waals surface area contributed by atoms with E-state index in [2.05, 4.69) is 36.1 Å². The molecule has 0 aliphatic carbocycles. The minimum atomic E-state index is 0.0146. The van der Waals surface area contributed by atoms with Gasteiger partial charge in [0.25, 0.3) is 0 Å². The summed E-state index contributed by atoms with van der Waals surface area (Å²) in [6.45, 7) is 9.25. The minimum absolute atomic E-state index is 0.0146. The maximum atomic E-state index is 5.43. The van der Waals surface area contributed by atoms with Gasteiger partial charge in [-0.25, -0.2) is 9.97 Å². The zero-order chi connectivity index (χ0) is 13.5. The van der Waals surface area contributed by atoms with Crippen LogP contribution in [0.5, 0.6) is 0 Å². The van der Waals surface area contributed by atoms with Gasteiger partial charge in [0.05, 0.1) is 0 Å². The van der Waals surface area contributed by atoms with E-state index in [1.807, 2.05) is 13.1 Å². The van der Waals surface area contributed by atoms with Crippen LogP contribution in [-0.4, -0.2) is 23.1 Å². The Bertz CT molecular complexity index is 366. The molecule has 1 N–H and O–H groups in total. The number of hydrogen-bond acceptors (Lipinski definition) is 4. The second-order valence-electron chi connectivity index (χ2n) is 4.89. The van der Waals surface area contributed by atoms with E-state index >= 15 is 0 Å². The lowest BCUT2D eigenvalue weighted by molar-refractivity contribution is 0.0874. The van der Waals surface area contributed by atoms with Gasteiger partial charge in [0.2, 0.25) is 0 Å². The molecule has 0 fully saturated rings. The molecule has 1 aromatic rings. The molecule has 4 nitrogen and oxygen atoms in total. The van der Waals surface area contributed by atoms with Crippen molar-refractivity contribution in [1.29, 1.82) is 0 Å². The lowest BCUT2D eigenvalue weighted by atomic mass is 10.1. The van der Waals surface area contributed by atoms with Crippen LogP contribution in [0.25, 0.3) is 0 Å². The van der Waals surface area contributed by atoms with Crippen LogP contribution in [0.3, 0.4) is 0 Å². The Hall–Kier alpha value is -1.00. The highest BCUT2D eigenvalue weighted by Crippen LogP contribution is 2.19. The van der Waals surface area contributed by atoms with Crippen LogP contribution in [0.15, 0.2) is 6.20 Å². The molecule has 0 saturated heterocycles. The van der Waals surface area contributed by atoms with E-state index in [4.69, 9.17) is 4.74 Å². The molecular weight excluding hydrogens is 226 g/mol. The van der Waals surface area contributed by atoms with E-state index < -0.39 is 0 Å². The molecule has 1 heterocycles. The molecule has 0 amide bonds. The lowest BCUT2D eigenvalue weighted by Gasteiger charge is -2.15. The molecule has 102 valence electrons. The molecule has 4 heteroatoms. The van der Waals surface area contributed by atoms with Crippen molar-refractivity contribution < 1.29 is 4.74 Å². The first-order valence-corrected chi connectivity index (χ1v) is 6.67. The molecule has 0 aromatic carbocycles. The average molecular weight is 251 g/mol. The summed E-state index contributed by atoms with van der Waals surface area (Å²) in [5, 5.41) is 3.38. The second kappa shape index (κ2) is 7.44. The van der Waals surface area contributed by atoms with Gasteiger partial charge in [-0.3, -0.25) is 0 Å². The Labute approximate surface area is 110 Å². The van der Waals surface area contributed by atoms with E-state index in [0.29, 0.717) is 6.04 Å². The summed E-state index contributed by atoms with van der Waals surface area (Å²) in [6.07, 6.45) is 3.95. The van der Waals surface area contributed by atoms with Gasteiger partial charge in [-0.15, -0.1) is 0 Å². The molecule has 1 unspecified atom stereocenters. The standard InChI is InChI=1S/C14H25N3O/c1-6-7-13(18-5)14-16-9-12(11(4)17-14)8-15-10(2)3/h9-10,13,15H,6-8H2,1-5H3. The Morgan fingerprint density at radius 2 is 2.11 bits per heavy atom. The average Bonchev–Trinajstić information content (AvgIpc) is 2.34. The fourth-order valence-electron chi connectivity index (χ4n) is 1.77. The summed E-state index contributed by atoms with van der Waals surface area (Å²) < 4.78 is 5.43. The summed E-state index contributed by atoms with van der Waals surface area (Å²) in [6, 6.07) is 0.468. The number of aromatic nitrogens is 2. The van der Waals surface area contributed by atoms with E-state index in [0.717, 1.165) is 36.5 Å². The number of nitrogens with zero attached hydrogens (tertiary/aromatic N) is 2. The zero-order valence-corrected chi connectivity index (χ0v) is 12.2. The van der Waals surface area contributed by atoms with Gasteiger partial charge in [0, 0.05) is 37.2 Å². The number of rotatable bonds is 7. The number of nitrogens with one attached hydrogen (secondary N) is 1. The molecule has 1 atom stereocenters. The first kappa shape index (κ1) is 15.1. The normalized spacial score (nSPS) is 13.0. The Kier molecular flexibility index (Phi) is 6.22. The van der Waals surface area contributed by atoms with Crippen LogP contribution in [0.1, 0.15) is 56.8 Å². The van der Waals surface area contributed by atoms with Crippen LogP contribution in [0.2, 0.25) is 0 Å². The van der Waals surface area contributed by atoms with E-state index in [1.54, 1.807) is 7.11 Å². The van der Waals surface area contributed by atoms with Crippen molar-refractivity contribution in [3.63, 3.8) is 0 Å². The van der Waals surface area contributed by atoms with Crippen LogP contribution in [-0.2, 0) is 11.3 Å². The van der Waals surface area contributed by atoms with E-state index in [9.17, 15) is 0 Å². The predicted octanol–water partition coefficient (Wildman–Crippen LogP) is 2.77. The SMILES string of the molecule is CCCC(OC)c1ncc(CNC(C)C)c(C)n1. The molecule has 0 aliphatic rings. The van der Waals surface area contributed by atoms with Crippen LogP contribution >= 0.6 is 0 Å². The molecule has 0 radical (unpaired) electrons. The maximum Gasteiger partial charge on any atom is 0.157 e. The maximum absolute atomic E-state index is 5.43. The van der Waals surface area contributed by atoms with Gasteiger partial charge in [-0.05, 0) is 13.3 Å². The van der Waals surface area contributed by atoms with Crippen LogP contribution in [0, 0.1) is 6.92 Å². The van der Waals surface area contributed by atoms with Gasteiger partial charge in [0.15, 0.2) is 5.82 Å². The number of methoxy groups -OCH3 is 1. The molecule has 18 heavy (non-hydrogen) atoms. The highest BCUT2D eigenvalue weighted by Gasteiger charge is 2.14. The summed E-state index contributed by atoms with van der Waals surface area (Å²) in [4.78, 5) is 9.00. The number of ether oxygens (including phenoxy) is 1. The number of aryl methyl sites for hydroxylation is 1. The number of hydrogen-bond donors (Lipinski definition) is 1. The summed E-state index contributed by atoms with van der Waals surface area (Å²) >= 11 is 0. The van der Waals surface area contributed by atoms with Crippen LogP contribution in [0.4, 0.5) is 0 Å². The fraction of sp³-hybridized carbons (Fsp3) is 0.714. The molecule has 0 spiro atoms. The van der Waals surface area contributed by atoms with Crippen molar-refractivity contribution in [2.75, 3.05) is 7.11 Å². The van der Waals surface area contributed by atoms with Crippen molar-refractivity contribution in [3.8, 4) is 0 Å². The van der Waals surface area contributed by atoms with Crippen molar-refractivity contribution in [3.05, 3.63) is 23.3 Å². The molecule has 1 rings (SSSR count). The van der Waals surface area contributed by atoms with Gasteiger partial charge >= 0.3 is 0 Å². The zero-order valence-electron chi connectivity index (χ0n) is 12.2. The monoisotopic (exact) mass is 251 g/mol. The Morgan fingerprint density at radius 3 is 2.61 bits per heavy atom. The van der Waals surface area contributed by atoms with Gasteiger partial charge in [-0.1, -0.05) is 27.2 Å².